The van der Waals surface area contributed by atoms with Crippen LogP contribution in [0.5, 0.6) is 5.75 Å². The Bertz CT molecular complexity index is 850. The van der Waals surface area contributed by atoms with Crippen molar-refractivity contribution in [2.75, 3.05) is 38.1 Å². The van der Waals surface area contributed by atoms with Gasteiger partial charge in [0.15, 0.2) is 5.75 Å². The normalized spacial score (nSPS) is 14.7. The summed E-state index contributed by atoms with van der Waals surface area (Å²) in [6, 6.07) is 3.92. The Morgan fingerprint density at radius 2 is 1.83 bits per heavy atom. The Labute approximate surface area is 166 Å². The number of nitrogens with zero attached hydrogens (tertiary/aromatic N) is 4. The number of hydrogen-bond acceptors (Lipinski definition) is 5. The number of aryl methyl sites for hydroxylation is 1. The van der Waals surface area contributed by atoms with Crippen LogP contribution in [0.3, 0.4) is 0 Å². The van der Waals surface area contributed by atoms with Gasteiger partial charge in [0, 0.05) is 38.8 Å². The zero-order chi connectivity index (χ0) is 21.0. The van der Waals surface area contributed by atoms with Crippen molar-refractivity contribution in [2.45, 2.75) is 19.7 Å². The van der Waals surface area contributed by atoms with Crippen molar-refractivity contribution < 1.29 is 22.7 Å². The van der Waals surface area contributed by atoms with Crippen LogP contribution < -0.4 is 15.0 Å². The highest BCUT2D eigenvalue weighted by Crippen LogP contribution is 2.33. The minimum Gasteiger partial charge on any atom is -0.486 e. The highest BCUT2D eigenvalue weighted by atomic mass is 19.4. The molecule has 1 aromatic heterocycles. The van der Waals surface area contributed by atoms with Gasteiger partial charge in [-0.3, -0.25) is 0 Å². The van der Waals surface area contributed by atoms with E-state index in [0.29, 0.717) is 37.7 Å². The molecule has 1 saturated heterocycles. The van der Waals surface area contributed by atoms with Crippen LogP contribution in [0.2, 0.25) is 0 Å². The number of aromatic nitrogens is 2. The maximum Gasteiger partial charge on any atom is 0.416 e. The molecule has 0 spiro atoms. The van der Waals surface area contributed by atoms with E-state index in [0.717, 1.165) is 6.07 Å². The van der Waals surface area contributed by atoms with Gasteiger partial charge in [0.05, 0.1) is 18.0 Å². The number of amides is 2. The van der Waals surface area contributed by atoms with E-state index in [1.54, 1.807) is 24.9 Å². The molecule has 7 nitrogen and oxygen atoms in total. The van der Waals surface area contributed by atoms with Crippen molar-refractivity contribution in [3.8, 4) is 5.75 Å². The molecule has 0 aliphatic carbocycles. The molecule has 0 unspecified atom stereocenters. The van der Waals surface area contributed by atoms with Gasteiger partial charge >= 0.3 is 12.2 Å². The lowest BCUT2D eigenvalue weighted by Crippen LogP contribution is -2.51. The molecule has 1 fully saturated rings. The first-order valence-corrected chi connectivity index (χ1v) is 9.11. The van der Waals surface area contributed by atoms with Crippen molar-refractivity contribution >= 4 is 12.0 Å². The number of carbonyl (C=O) groups is 1. The number of halogens is 3. The highest BCUT2D eigenvalue weighted by molar-refractivity contribution is 5.74. The first-order valence-electron chi connectivity index (χ1n) is 9.11. The summed E-state index contributed by atoms with van der Waals surface area (Å²) >= 11 is 0. The second-order valence-corrected chi connectivity index (χ2v) is 6.64. The van der Waals surface area contributed by atoms with Crippen molar-refractivity contribution in [1.29, 1.82) is 0 Å². The number of carbonyl (C=O) groups excluding carboxylic acids is 1. The fourth-order valence-corrected chi connectivity index (χ4v) is 3.13. The number of benzene rings is 1. The number of anilines is 1. The van der Waals surface area contributed by atoms with Gasteiger partial charge in [0.1, 0.15) is 6.61 Å². The van der Waals surface area contributed by atoms with Crippen molar-refractivity contribution in [3.05, 3.63) is 47.3 Å². The molecule has 0 radical (unpaired) electrons. The van der Waals surface area contributed by atoms with Crippen LogP contribution in [-0.4, -0.2) is 54.1 Å². The molecule has 3 rings (SSSR count). The van der Waals surface area contributed by atoms with E-state index in [4.69, 9.17) is 4.74 Å². The van der Waals surface area contributed by atoms with Crippen LogP contribution in [0.4, 0.5) is 23.9 Å². The van der Waals surface area contributed by atoms with E-state index in [2.05, 4.69) is 15.3 Å². The molecule has 1 aliphatic rings. The first kappa shape index (κ1) is 20.7. The van der Waals surface area contributed by atoms with Crippen LogP contribution in [-0.2, 0) is 12.8 Å². The van der Waals surface area contributed by atoms with Crippen molar-refractivity contribution in [1.82, 2.24) is 20.2 Å². The van der Waals surface area contributed by atoms with E-state index in [9.17, 15) is 18.0 Å². The highest BCUT2D eigenvalue weighted by Gasteiger charge is 2.33. The molecule has 156 valence electrons. The second kappa shape index (κ2) is 8.54. The number of rotatable bonds is 4. The standard InChI is InChI=1S/C19H22F3N5O2/c1-13-4-3-5-16(19(20,21)22)15(13)12-29-14-10-24-17(25-11-14)26-6-8-27(9-7-26)18(28)23-2/h3-5,10-11H,6-9,12H2,1-2H3,(H,23,28). The van der Waals surface area contributed by atoms with Gasteiger partial charge in [-0.15, -0.1) is 0 Å². The summed E-state index contributed by atoms with van der Waals surface area (Å²) in [5, 5.41) is 2.59. The van der Waals surface area contributed by atoms with Gasteiger partial charge in [0.25, 0.3) is 0 Å². The molecule has 0 bridgehead atoms. The minimum absolute atomic E-state index is 0.0920. The molecular weight excluding hydrogens is 387 g/mol. The third-order valence-corrected chi connectivity index (χ3v) is 4.78. The summed E-state index contributed by atoms with van der Waals surface area (Å²) in [7, 11) is 1.59. The van der Waals surface area contributed by atoms with Gasteiger partial charge in [-0.25, -0.2) is 14.8 Å². The molecule has 29 heavy (non-hydrogen) atoms. The summed E-state index contributed by atoms with van der Waals surface area (Å²) in [5.41, 5.74) is -0.107. The molecule has 2 heterocycles. The Balaban J connectivity index is 1.62. The maximum absolute atomic E-state index is 13.2. The molecule has 2 aromatic rings. The number of piperazine rings is 1. The smallest absolute Gasteiger partial charge is 0.416 e. The fraction of sp³-hybridized carbons (Fsp3) is 0.421. The lowest BCUT2D eigenvalue weighted by atomic mass is 10.0. The minimum atomic E-state index is -4.44. The average Bonchev–Trinajstić information content (AvgIpc) is 2.72. The number of ether oxygens (including phenoxy) is 1. The van der Waals surface area contributed by atoms with Gasteiger partial charge in [-0.2, -0.15) is 13.2 Å². The summed E-state index contributed by atoms with van der Waals surface area (Å²) < 4.78 is 45.1. The lowest BCUT2D eigenvalue weighted by molar-refractivity contribution is -0.138. The largest absolute Gasteiger partial charge is 0.486 e. The van der Waals surface area contributed by atoms with E-state index >= 15 is 0 Å². The predicted octanol–water partition coefficient (Wildman–Crippen LogP) is 2.84. The predicted molar refractivity (Wildman–Crippen MR) is 101 cm³/mol. The topological polar surface area (TPSA) is 70.6 Å². The van der Waals surface area contributed by atoms with Gasteiger partial charge in [0.2, 0.25) is 5.95 Å². The SMILES string of the molecule is CNC(=O)N1CCN(c2ncc(OCc3c(C)cccc3C(F)(F)F)cn2)CC1. The Morgan fingerprint density at radius 3 is 2.41 bits per heavy atom. The fourth-order valence-electron chi connectivity index (χ4n) is 3.13. The molecule has 1 N–H and O–H groups in total. The average molecular weight is 409 g/mol. The number of nitrogens with one attached hydrogen (secondary N) is 1. The Hall–Kier alpha value is -3.04. The Morgan fingerprint density at radius 1 is 1.17 bits per heavy atom. The first-order chi connectivity index (χ1) is 13.8. The summed E-state index contributed by atoms with van der Waals surface area (Å²) in [6.07, 6.45) is -1.56. The monoisotopic (exact) mass is 409 g/mol. The zero-order valence-corrected chi connectivity index (χ0v) is 16.2. The van der Waals surface area contributed by atoms with E-state index in [1.807, 2.05) is 4.90 Å². The summed E-state index contributed by atoms with van der Waals surface area (Å²) in [4.78, 5) is 23.8. The van der Waals surface area contributed by atoms with Crippen molar-refractivity contribution in [2.24, 2.45) is 0 Å². The Kier molecular flexibility index (Phi) is 6.09. The molecule has 0 saturated carbocycles. The number of hydrogen-bond donors (Lipinski definition) is 1. The van der Waals surface area contributed by atoms with E-state index in [1.165, 1.54) is 18.5 Å². The third kappa shape index (κ3) is 4.87. The lowest BCUT2D eigenvalue weighted by Gasteiger charge is -2.34. The molecule has 10 heteroatoms. The maximum atomic E-state index is 13.2. The molecule has 1 aromatic carbocycles. The van der Waals surface area contributed by atoms with Crippen molar-refractivity contribution in [3.63, 3.8) is 0 Å². The molecular formula is C19H22F3N5O2. The van der Waals surface area contributed by atoms with E-state index < -0.39 is 11.7 Å². The molecule has 1 aliphatic heterocycles. The van der Waals surface area contributed by atoms with E-state index in [-0.39, 0.29) is 24.0 Å². The quantitative estimate of drug-likeness (QED) is 0.841. The van der Waals surface area contributed by atoms with Crippen LogP contribution in [0.25, 0.3) is 0 Å². The van der Waals surface area contributed by atoms with Crippen LogP contribution >= 0.6 is 0 Å². The molecule has 0 atom stereocenters. The van der Waals surface area contributed by atoms with Crippen LogP contribution in [0, 0.1) is 6.92 Å². The molecule has 2 amide bonds. The van der Waals surface area contributed by atoms with Gasteiger partial charge < -0.3 is 19.9 Å². The number of urea groups is 1. The summed E-state index contributed by atoms with van der Waals surface area (Å²) in [6.45, 7) is 3.67. The summed E-state index contributed by atoms with van der Waals surface area (Å²) in [5.74, 6) is 0.773. The third-order valence-electron chi connectivity index (χ3n) is 4.78. The second-order valence-electron chi connectivity index (χ2n) is 6.64. The zero-order valence-electron chi connectivity index (χ0n) is 16.2. The van der Waals surface area contributed by atoms with Crippen LogP contribution in [0.1, 0.15) is 16.7 Å². The van der Waals surface area contributed by atoms with Crippen LogP contribution in [0.15, 0.2) is 30.6 Å². The van der Waals surface area contributed by atoms with Gasteiger partial charge in [-0.05, 0) is 18.6 Å². The van der Waals surface area contributed by atoms with Gasteiger partial charge in [-0.1, -0.05) is 12.1 Å². The number of alkyl halides is 3.